The normalized spacial score (nSPS) is 10.2. The molecule has 0 aliphatic rings. The molecule has 2 aromatic carbocycles. The van der Waals surface area contributed by atoms with E-state index in [1.165, 1.54) is 11.6 Å². The summed E-state index contributed by atoms with van der Waals surface area (Å²) in [5, 5.41) is 8.55. The molecule has 0 spiro atoms. The van der Waals surface area contributed by atoms with E-state index in [4.69, 9.17) is 5.26 Å². The number of hydrogen-bond acceptors (Lipinski definition) is 1. The number of hydrogen-bond donors (Lipinski definition) is 0. The summed E-state index contributed by atoms with van der Waals surface area (Å²) in [4.78, 5) is 0. The van der Waals surface area contributed by atoms with Crippen molar-refractivity contribution in [2.75, 3.05) is 0 Å². The van der Waals surface area contributed by atoms with E-state index in [1.807, 2.05) is 48.5 Å². The first-order valence-corrected chi connectivity index (χ1v) is 5.12. The Morgan fingerprint density at radius 3 is 2.31 bits per heavy atom. The van der Waals surface area contributed by atoms with E-state index in [2.05, 4.69) is 18.2 Å². The zero-order valence-electron chi connectivity index (χ0n) is 8.80. The first-order valence-electron chi connectivity index (χ1n) is 5.12. The predicted molar refractivity (Wildman–Crippen MR) is 66.5 cm³/mol. The standard InChI is InChI=1S/C15H11N/c16-12-6-10-14-9-4-5-11-15(14)13-7-2-1-3-8-13/h1-11H/b10-6+. The van der Waals surface area contributed by atoms with Gasteiger partial charge in [-0.25, -0.2) is 0 Å². The lowest BCUT2D eigenvalue weighted by atomic mass is 9.99. The Hall–Kier alpha value is -2.33. The van der Waals surface area contributed by atoms with Crippen molar-refractivity contribution < 1.29 is 0 Å². The molecule has 0 aromatic heterocycles. The maximum atomic E-state index is 8.55. The Morgan fingerprint density at radius 1 is 0.875 bits per heavy atom. The average Bonchev–Trinajstić information content (AvgIpc) is 2.38. The van der Waals surface area contributed by atoms with Crippen LogP contribution in [0.2, 0.25) is 0 Å². The predicted octanol–water partition coefficient (Wildman–Crippen LogP) is 3.89. The summed E-state index contributed by atoms with van der Waals surface area (Å²) in [5.41, 5.74) is 3.38. The van der Waals surface area contributed by atoms with Gasteiger partial charge in [0.15, 0.2) is 0 Å². The third-order valence-electron chi connectivity index (χ3n) is 2.38. The van der Waals surface area contributed by atoms with E-state index in [1.54, 1.807) is 0 Å². The lowest BCUT2D eigenvalue weighted by Crippen LogP contribution is -1.81. The zero-order chi connectivity index (χ0) is 11.2. The Bertz CT molecular complexity index is 533. The summed E-state index contributed by atoms with van der Waals surface area (Å²) >= 11 is 0. The summed E-state index contributed by atoms with van der Waals surface area (Å²) in [7, 11) is 0. The summed E-state index contributed by atoms with van der Waals surface area (Å²) in [6.45, 7) is 0. The van der Waals surface area contributed by atoms with Crippen molar-refractivity contribution in [1.29, 1.82) is 5.26 Å². The third-order valence-corrected chi connectivity index (χ3v) is 2.38. The van der Waals surface area contributed by atoms with Gasteiger partial charge in [-0.05, 0) is 22.8 Å². The van der Waals surface area contributed by atoms with Crippen LogP contribution in [0.5, 0.6) is 0 Å². The van der Waals surface area contributed by atoms with Gasteiger partial charge in [-0.1, -0.05) is 54.6 Å². The molecule has 16 heavy (non-hydrogen) atoms. The molecule has 0 N–H and O–H groups in total. The molecule has 0 saturated carbocycles. The molecule has 1 nitrogen and oxygen atoms in total. The largest absolute Gasteiger partial charge is 0.193 e. The minimum absolute atomic E-state index is 1.07. The van der Waals surface area contributed by atoms with Gasteiger partial charge in [0.25, 0.3) is 0 Å². The van der Waals surface area contributed by atoms with Gasteiger partial charge in [-0.3, -0.25) is 0 Å². The molecule has 0 saturated heterocycles. The summed E-state index contributed by atoms with van der Waals surface area (Å²) < 4.78 is 0. The van der Waals surface area contributed by atoms with E-state index in [0.29, 0.717) is 0 Å². The van der Waals surface area contributed by atoms with Crippen LogP contribution in [0.15, 0.2) is 60.7 Å². The van der Waals surface area contributed by atoms with Crippen LogP contribution in [0.25, 0.3) is 17.2 Å². The molecule has 76 valence electrons. The molecule has 0 bridgehead atoms. The van der Waals surface area contributed by atoms with Gasteiger partial charge in [0, 0.05) is 6.08 Å². The van der Waals surface area contributed by atoms with Crippen LogP contribution >= 0.6 is 0 Å². The summed E-state index contributed by atoms with van der Waals surface area (Å²) in [5.74, 6) is 0. The highest BCUT2D eigenvalue weighted by molar-refractivity contribution is 5.75. The Balaban J connectivity index is 2.50. The molecule has 1 heteroatoms. The molecule has 0 atom stereocenters. The van der Waals surface area contributed by atoms with Crippen molar-refractivity contribution in [2.45, 2.75) is 0 Å². The fourth-order valence-electron chi connectivity index (χ4n) is 1.65. The fourth-order valence-corrected chi connectivity index (χ4v) is 1.65. The van der Waals surface area contributed by atoms with Gasteiger partial charge in [-0.15, -0.1) is 0 Å². The first kappa shape index (κ1) is 10.2. The highest BCUT2D eigenvalue weighted by Crippen LogP contribution is 2.24. The monoisotopic (exact) mass is 205 g/mol. The minimum Gasteiger partial charge on any atom is -0.193 e. The lowest BCUT2D eigenvalue weighted by molar-refractivity contribution is 1.53. The van der Waals surface area contributed by atoms with Crippen LogP contribution in [-0.2, 0) is 0 Å². The second-order valence-electron chi connectivity index (χ2n) is 3.42. The smallest absolute Gasteiger partial charge is 0.0912 e. The Kier molecular flexibility index (Phi) is 3.15. The minimum atomic E-state index is 1.07. The van der Waals surface area contributed by atoms with E-state index in [-0.39, 0.29) is 0 Å². The third kappa shape index (κ3) is 2.18. The van der Waals surface area contributed by atoms with Gasteiger partial charge >= 0.3 is 0 Å². The average molecular weight is 205 g/mol. The van der Waals surface area contributed by atoms with E-state index in [0.717, 1.165) is 11.1 Å². The molecule has 0 aliphatic heterocycles. The van der Waals surface area contributed by atoms with Gasteiger partial charge in [-0.2, -0.15) is 5.26 Å². The molecular weight excluding hydrogens is 194 g/mol. The topological polar surface area (TPSA) is 23.8 Å². The van der Waals surface area contributed by atoms with Crippen LogP contribution in [0.3, 0.4) is 0 Å². The number of nitriles is 1. The molecule has 2 rings (SSSR count). The molecule has 0 fully saturated rings. The highest BCUT2D eigenvalue weighted by atomic mass is 14.2. The Labute approximate surface area is 95.3 Å². The van der Waals surface area contributed by atoms with Crippen LogP contribution in [0.4, 0.5) is 0 Å². The molecule has 0 aliphatic carbocycles. The second-order valence-corrected chi connectivity index (χ2v) is 3.42. The van der Waals surface area contributed by atoms with Gasteiger partial charge in [0.05, 0.1) is 6.07 Å². The van der Waals surface area contributed by atoms with Crippen molar-refractivity contribution in [3.63, 3.8) is 0 Å². The quantitative estimate of drug-likeness (QED) is 0.682. The van der Waals surface area contributed by atoms with Crippen LogP contribution < -0.4 is 0 Å². The second kappa shape index (κ2) is 4.95. The maximum absolute atomic E-state index is 8.55. The highest BCUT2D eigenvalue weighted by Gasteiger charge is 2.00. The van der Waals surface area contributed by atoms with Crippen molar-refractivity contribution >= 4 is 6.08 Å². The summed E-state index contributed by atoms with van der Waals surface area (Å²) in [6.07, 6.45) is 3.34. The number of nitrogens with zero attached hydrogens (tertiary/aromatic N) is 1. The van der Waals surface area contributed by atoms with Crippen molar-refractivity contribution in [1.82, 2.24) is 0 Å². The van der Waals surface area contributed by atoms with Crippen molar-refractivity contribution in [3.05, 3.63) is 66.2 Å². The maximum Gasteiger partial charge on any atom is 0.0912 e. The molecule has 2 aromatic rings. The van der Waals surface area contributed by atoms with Crippen molar-refractivity contribution in [3.8, 4) is 17.2 Å². The lowest BCUT2D eigenvalue weighted by Gasteiger charge is -2.05. The fraction of sp³-hybridized carbons (Fsp3) is 0. The Morgan fingerprint density at radius 2 is 1.56 bits per heavy atom. The van der Waals surface area contributed by atoms with Gasteiger partial charge in [0.2, 0.25) is 0 Å². The molecule has 0 amide bonds. The molecule has 0 radical (unpaired) electrons. The van der Waals surface area contributed by atoms with E-state index < -0.39 is 0 Å². The van der Waals surface area contributed by atoms with Crippen LogP contribution in [0, 0.1) is 11.3 Å². The van der Waals surface area contributed by atoms with Crippen molar-refractivity contribution in [2.24, 2.45) is 0 Å². The molecule has 0 unspecified atom stereocenters. The SMILES string of the molecule is N#C/C=C/c1ccccc1-c1ccccc1. The van der Waals surface area contributed by atoms with Crippen LogP contribution in [0.1, 0.15) is 5.56 Å². The molecular formula is C15H11N. The van der Waals surface area contributed by atoms with Gasteiger partial charge in [0.1, 0.15) is 0 Å². The zero-order valence-corrected chi connectivity index (χ0v) is 8.80. The van der Waals surface area contributed by atoms with Crippen LogP contribution in [-0.4, -0.2) is 0 Å². The van der Waals surface area contributed by atoms with E-state index >= 15 is 0 Å². The first-order chi connectivity index (χ1) is 7.92. The number of benzene rings is 2. The summed E-state index contributed by atoms with van der Waals surface area (Å²) in [6, 6.07) is 20.2. The molecule has 0 heterocycles. The van der Waals surface area contributed by atoms with Gasteiger partial charge < -0.3 is 0 Å². The number of rotatable bonds is 2. The number of allylic oxidation sites excluding steroid dienone is 1. The van der Waals surface area contributed by atoms with E-state index in [9.17, 15) is 0 Å².